The number of hydrogen-bond acceptors (Lipinski definition) is 4. The van der Waals surface area contributed by atoms with Gasteiger partial charge in [-0.2, -0.15) is 4.37 Å². The van der Waals surface area contributed by atoms with E-state index in [4.69, 9.17) is 5.11 Å². The van der Waals surface area contributed by atoms with Crippen LogP contribution in [0.5, 0.6) is 0 Å². The molecule has 0 aliphatic carbocycles. The summed E-state index contributed by atoms with van der Waals surface area (Å²) in [5.74, 6) is -0.870. The lowest BCUT2D eigenvalue weighted by molar-refractivity contribution is 0.0699. The van der Waals surface area contributed by atoms with E-state index in [0.29, 0.717) is 5.56 Å². The Balaban J connectivity index is 2.79. The van der Waals surface area contributed by atoms with Crippen LogP contribution in [0.15, 0.2) is 5.38 Å². The van der Waals surface area contributed by atoms with Crippen molar-refractivity contribution in [2.24, 2.45) is 0 Å². The number of fused-ring (bicyclic) bond motifs is 1. The van der Waals surface area contributed by atoms with E-state index in [9.17, 15) is 4.79 Å². The van der Waals surface area contributed by atoms with Crippen LogP contribution in [0.2, 0.25) is 0 Å². The number of aryl methyl sites for hydroxylation is 1. The van der Waals surface area contributed by atoms with Crippen LogP contribution in [-0.4, -0.2) is 15.4 Å². The Hall–Kier alpha value is -0.940. The van der Waals surface area contributed by atoms with Crippen molar-refractivity contribution in [3.8, 4) is 0 Å². The number of aromatic carboxylic acids is 1. The van der Waals surface area contributed by atoms with Gasteiger partial charge in [-0.3, -0.25) is 0 Å². The topological polar surface area (TPSA) is 50.2 Å². The Morgan fingerprint density at radius 1 is 1.58 bits per heavy atom. The molecule has 3 nitrogen and oxygen atoms in total. The Morgan fingerprint density at radius 2 is 2.33 bits per heavy atom. The number of hydrogen-bond donors (Lipinski definition) is 1. The molecule has 0 aliphatic rings. The maximum absolute atomic E-state index is 10.7. The molecule has 0 atom stereocenters. The number of carbonyl (C=O) groups is 1. The third-order valence-corrected chi connectivity index (χ3v) is 3.77. The highest BCUT2D eigenvalue weighted by molar-refractivity contribution is 7.25. The van der Waals surface area contributed by atoms with Gasteiger partial charge in [0.25, 0.3) is 0 Å². The molecule has 2 heterocycles. The van der Waals surface area contributed by atoms with Gasteiger partial charge in [0.15, 0.2) is 0 Å². The van der Waals surface area contributed by atoms with Gasteiger partial charge in [0.05, 0.1) is 20.7 Å². The molecule has 0 spiro atoms. The van der Waals surface area contributed by atoms with E-state index >= 15 is 0 Å². The van der Waals surface area contributed by atoms with Crippen molar-refractivity contribution in [3.63, 3.8) is 0 Å². The summed E-state index contributed by atoms with van der Waals surface area (Å²) in [6, 6.07) is 0. The Bertz CT molecular complexity index is 443. The van der Waals surface area contributed by atoms with E-state index in [1.165, 1.54) is 22.9 Å². The van der Waals surface area contributed by atoms with Gasteiger partial charge in [-0.15, -0.1) is 11.3 Å². The Morgan fingerprint density at radius 3 is 3.00 bits per heavy atom. The molecule has 0 unspecified atom stereocenters. The molecular formula is C7H5NO2S2. The number of rotatable bonds is 1. The predicted octanol–water partition coefficient (Wildman–Crippen LogP) is 2.36. The van der Waals surface area contributed by atoms with Crippen molar-refractivity contribution in [2.45, 2.75) is 6.92 Å². The minimum atomic E-state index is -0.870. The predicted molar refractivity (Wildman–Crippen MR) is 49.2 cm³/mol. The first-order valence-electron chi connectivity index (χ1n) is 3.27. The minimum Gasteiger partial charge on any atom is -0.478 e. The normalized spacial score (nSPS) is 10.8. The average Bonchev–Trinajstić information content (AvgIpc) is 2.53. The number of carboxylic acids is 1. The molecule has 0 radical (unpaired) electrons. The van der Waals surface area contributed by atoms with Crippen LogP contribution in [0.3, 0.4) is 0 Å². The fraction of sp³-hybridized carbons (Fsp3) is 0.143. The number of thiophene rings is 1. The van der Waals surface area contributed by atoms with E-state index in [1.54, 1.807) is 5.38 Å². The maximum Gasteiger partial charge on any atom is 0.338 e. The summed E-state index contributed by atoms with van der Waals surface area (Å²) in [7, 11) is 0. The number of aromatic nitrogens is 1. The number of carboxylic acid groups (broad SMARTS) is 1. The summed E-state index contributed by atoms with van der Waals surface area (Å²) in [6.45, 7) is 1.89. The molecule has 5 heteroatoms. The zero-order chi connectivity index (χ0) is 8.72. The molecule has 0 fully saturated rings. The van der Waals surface area contributed by atoms with Crippen LogP contribution in [0.25, 0.3) is 9.40 Å². The van der Waals surface area contributed by atoms with Crippen LogP contribution in [0, 0.1) is 6.92 Å². The highest BCUT2D eigenvalue weighted by Crippen LogP contribution is 2.31. The van der Waals surface area contributed by atoms with E-state index < -0.39 is 5.97 Å². The second-order valence-electron chi connectivity index (χ2n) is 2.38. The monoisotopic (exact) mass is 199 g/mol. The first-order valence-corrected chi connectivity index (χ1v) is 4.92. The summed E-state index contributed by atoms with van der Waals surface area (Å²) < 4.78 is 5.88. The molecule has 0 aliphatic heterocycles. The molecule has 0 bridgehead atoms. The summed E-state index contributed by atoms with van der Waals surface area (Å²) in [5.41, 5.74) is 1.30. The van der Waals surface area contributed by atoms with Crippen molar-refractivity contribution in [1.82, 2.24) is 4.37 Å². The molecule has 2 aromatic rings. The lowest BCUT2D eigenvalue weighted by Crippen LogP contribution is -1.91. The summed E-state index contributed by atoms with van der Waals surface area (Å²) in [4.78, 5) is 10.7. The van der Waals surface area contributed by atoms with Gasteiger partial charge in [0.1, 0.15) is 0 Å². The van der Waals surface area contributed by atoms with E-state index in [2.05, 4.69) is 4.37 Å². The van der Waals surface area contributed by atoms with Crippen molar-refractivity contribution >= 4 is 38.2 Å². The van der Waals surface area contributed by atoms with Gasteiger partial charge >= 0.3 is 5.97 Å². The SMILES string of the molecule is Cc1nsc2c(C(=O)O)csc12. The van der Waals surface area contributed by atoms with Gasteiger partial charge in [-0.25, -0.2) is 4.79 Å². The Labute approximate surface area is 76.4 Å². The second-order valence-corrected chi connectivity index (χ2v) is 4.03. The second kappa shape index (κ2) is 2.53. The lowest BCUT2D eigenvalue weighted by Gasteiger charge is -1.82. The van der Waals surface area contributed by atoms with E-state index in [-0.39, 0.29) is 0 Å². The van der Waals surface area contributed by atoms with Crippen LogP contribution in [-0.2, 0) is 0 Å². The molecule has 2 rings (SSSR count). The fourth-order valence-corrected chi connectivity index (χ4v) is 3.06. The van der Waals surface area contributed by atoms with Crippen LogP contribution in [0.1, 0.15) is 16.1 Å². The average molecular weight is 199 g/mol. The fourth-order valence-electron chi connectivity index (χ4n) is 0.991. The number of nitrogens with zero attached hydrogens (tertiary/aromatic N) is 1. The third-order valence-electron chi connectivity index (χ3n) is 1.58. The summed E-state index contributed by atoms with van der Waals surface area (Å²) >= 11 is 2.70. The standard InChI is InChI=1S/C7H5NO2S2/c1-3-5-6(12-8-3)4(2-11-5)7(9)10/h2H,1H3,(H,9,10). The summed E-state index contributed by atoms with van der Waals surface area (Å²) in [5, 5.41) is 10.4. The van der Waals surface area contributed by atoms with Crippen molar-refractivity contribution in [2.75, 3.05) is 0 Å². The lowest BCUT2D eigenvalue weighted by atomic mass is 10.3. The first-order chi connectivity index (χ1) is 5.70. The van der Waals surface area contributed by atoms with E-state index in [0.717, 1.165) is 15.1 Å². The molecule has 62 valence electrons. The molecule has 0 aromatic carbocycles. The zero-order valence-corrected chi connectivity index (χ0v) is 7.83. The van der Waals surface area contributed by atoms with Crippen LogP contribution in [0.4, 0.5) is 0 Å². The first kappa shape index (κ1) is 7.70. The highest BCUT2D eigenvalue weighted by atomic mass is 32.1. The molecule has 0 saturated carbocycles. The van der Waals surface area contributed by atoms with Gasteiger partial charge < -0.3 is 5.11 Å². The largest absolute Gasteiger partial charge is 0.478 e. The Kier molecular flexibility index (Phi) is 1.62. The quantitative estimate of drug-likeness (QED) is 0.767. The van der Waals surface area contributed by atoms with Crippen molar-refractivity contribution in [1.29, 1.82) is 0 Å². The highest BCUT2D eigenvalue weighted by Gasteiger charge is 2.14. The molecule has 1 N–H and O–H groups in total. The maximum atomic E-state index is 10.7. The third kappa shape index (κ3) is 0.937. The minimum absolute atomic E-state index is 0.376. The van der Waals surface area contributed by atoms with Gasteiger partial charge in [-0.1, -0.05) is 0 Å². The zero-order valence-electron chi connectivity index (χ0n) is 6.20. The van der Waals surface area contributed by atoms with E-state index in [1.807, 2.05) is 6.92 Å². The molecule has 0 saturated heterocycles. The van der Waals surface area contributed by atoms with Gasteiger partial charge in [0, 0.05) is 5.38 Å². The van der Waals surface area contributed by atoms with Gasteiger partial charge in [0.2, 0.25) is 0 Å². The van der Waals surface area contributed by atoms with Crippen molar-refractivity contribution < 1.29 is 9.90 Å². The molecule has 0 amide bonds. The molecule has 2 aromatic heterocycles. The molecular weight excluding hydrogens is 194 g/mol. The van der Waals surface area contributed by atoms with Gasteiger partial charge in [-0.05, 0) is 18.5 Å². The van der Waals surface area contributed by atoms with Crippen LogP contribution < -0.4 is 0 Å². The van der Waals surface area contributed by atoms with Crippen LogP contribution >= 0.6 is 22.9 Å². The summed E-state index contributed by atoms with van der Waals surface area (Å²) in [6.07, 6.45) is 0. The molecule has 12 heavy (non-hydrogen) atoms. The van der Waals surface area contributed by atoms with Crippen molar-refractivity contribution in [3.05, 3.63) is 16.6 Å². The smallest absolute Gasteiger partial charge is 0.338 e.